The van der Waals surface area contributed by atoms with Crippen LogP contribution in [-0.2, 0) is 11.2 Å². The number of nitrogens with two attached hydrogens (primary N) is 1. The zero-order valence-electron chi connectivity index (χ0n) is 12.0. The van der Waals surface area contributed by atoms with Crippen LogP contribution in [0.5, 0.6) is 0 Å². The average molecular weight is 301 g/mol. The molecule has 2 N–H and O–H groups in total. The van der Waals surface area contributed by atoms with Crippen molar-refractivity contribution < 1.29 is 9.13 Å². The van der Waals surface area contributed by atoms with Gasteiger partial charge in [0, 0.05) is 29.7 Å². The molecule has 3 nitrogen and oxygen atoms in total. The van der Waals surface area contributed by atoms with E-state index in [0.717, 1.165) is 31.9 Å². The lowest BCUT2D eigenvalue weighted by Crippen LogP contribution is -2.59. The molecule has 5 heteroatoms. The van der Waals surface area contributed by atoms with Gasteiger partial charge in [-0.25, -0.2) is 4.39 Å². The second kappa shape index (κ2) is 6.39. The summed E-state index contributed by atoms with van der Waals surface area (Å²) in [5.74, 6) is -0.320. The van der Waals surface area contributed by atoms with Crippen LogP contribution in [0.4, 0.5) is 4.39 Å². The fourth-order valence-electron chi connectivity index (χ4n) is 2.55. The number of benzene rings is 1. The van der Waals surface area contributed by atoms with Gasteiger partial charge in [0.15, 0.2) is 0 Å². The lowest BCUT2D eigenvalue weighted by atomic mass is 9.88. The van der Waals surface area contributed by atoms with Crippen molar-refractivity contribution in [3.8, 4) is 0 Å². The van der Waals surface area contributed by atoms with E-state index in [1.54, 1.807) is 6.07 Å². The highest BCUT2D eigenvalue weighted by atomic mass is 35.5. The maximum absolute atomic E-state index is 13.1. The van der Waals surface area contributed by atoms with Crippen LogP contribution in [0.15, 0.2) is 18.2 Å². The van der Waals surface area contributed by atoms with Crippen LogP contribution in [0.3, 0.4) is 0 Å². The molecule has 112 valence electrons. The average Bonchev–Trinajstić information content (AvgIpc) is 2.42. The molecular formula is C15H22ClFN2O. The summed E-state index contributed by atoms with van der Waals surface area (Å²) in [7, 11) is 0. The van der Waals surface area contributed by atoms with Crippen LogP contribution in [0.2, 0.25) is 5.02 Å². The molecule has 1 unspecified atom stereocenters. The number of rotatable bonds is 4. The van der Waals surface area contributed by atoms with Gasteiger partial charge in [0.25, 0.3) is 0 Å². The van der Waals surface area contributed by atoms with Crippen molar-refractivity contribution in [1.29, 1.82) is 0 Å². The minimum absolute atomic E-state index is 0.0800. The summed E-state index contributed by atoms with van der Waals surface area (Å²) in [6.45, 7) is 7.54. The Morgan fingerprint density at radius 3 is 2.65 bits per heavy atom. The number of ether oxygens (including phenoxy) is 1. The highest BCUT2D eigenvalue weighted by molar-refractivity contribution is 6.31. The Morgan fingerprint density at radius 2 is 2.05 bits per heavy atom. The van der Waals surface area contributed by atoms with Crippen molar-refractivity contribution in [3.05, 3.63) is 34.6 Å². The van der Waals surface area contributed by atoms with Gasteiger partial charge >= 0.3 is 0 Å². The molecule has 1 saturated heterocycles. The first kappa shape index (κ1) is 15.7. The molecule has 0 saturated carbocycles. The van der Waals surface area contributed by atoms with Crippen LogP contribution < -0.4 is 5.73 Å². The zero-order chi connectivity index (χ0) is 14.8. The standard InChI is InChI=1S/C15H22ClFN2O/c1-15(2,19-5-7-20-8-6-19)14(18)9-11-3-4-12(17)10-13(11)16/h3-4,10,14H,5-9,18H2,1-2H3. The molecule has 0 aliphatic carbocycles. The second-order valence-corrected chi connectivity index (χ2v) is 6.21. The normalized spacial score (nSPS) is 19.1. The molecule has 1 aliphatic rings. The second-order valence-electron chi connectivity index (χ2n) is 5.80. The van der Waals surface area contributed by atoms with Gasteiger partial charge in [-0.1, -0.05) is 17.7 Å². The third-order valence-electron chi connectivity index (χ3n) is 4.19. The predicted octanol–water partition coefficient (Wildman–Crippen LogP) is 2.46. The Bertz CT molecular complexity index is 461. The molecule has 1 aromatic rings. The highest BCUT2D eigenvalue weighted by Crippen LogP contribution is 2.25. The Hall–Kier alpha value is -0.680. The van der Waals surface area contributed by atoms with E-state index >= 15 is 0 Å². The van der Waals surface area contributed by atoms with E-state index in [-0.39, 0.29) is 17.4 Å². The molecular weight excluding hydrogens is 279 g/mol. The summed E-state index contributed by atoms with van der Waals surface area (Å²) < 4.78 is 18.5. The molecule has 0 aromatic heterocycles. The van der Waals surface area contributed by atoms with Crippen molar-refractivity contribution in [2.75, 3.05) is 26.3 Å². The lowest BCUT2D eigenvalue weighted by molar-refractivity contribution is -0.0186. The van der Waals surface area contributed by atoms with E-state index < -0.39 is 0 Å². The summed E-state index contributed by atoms with van der Waals surface area (Å²) in [6.07, 6.45) is 0.628. The van der Waals surface area contributed by atoms with Crippen LogP contribution in [0.25, 0.3) is 0 Å². The minimum atomic E-state index is -0.320. The van der Waals surface area contributed by atoms with Crippen molar-refractivity contribution in [2.24, 2.45) is 5.73 Å². The number of nitrogens with zero attached hydrogens (tertiary/aromatic N) is 1. The van der Waals surface area contributed by atoms with Gasteiger partial charge in [-0.3, -0.25) is 4.90 Å². The highest BCUT2D eigenvalue weighted by Gasteiger charge is 2.34. The molecule has 1 fully saturated rings. The van der Waals surface area contributed by atoms with E-state index in [9.17, 15) is 4.39 Å². The van der Waals surface area contributed by atoms with Gasteiger partial charge in [0.05, 0.1) is 13.2 Å². The van der Waals surface area contributed by atoms with Crippen LogP contribution in [0, 0.1) is 5.82 Å². The molecule has 0 spiro atoms. The third kappa shape index (κ3) is 3.50. The van der Waals surface area contributed by atoms with Gasteiger partial charge in [-0.05, 0) is 38.0 Å². The molecule has 2 rings (SSSR count). The minimum Gasteiger partial charge on any atom is -0.379 e. The largest absolute Gasteiger partial charge is 0.379 e. The predicted molar refractivity (Wildman–Crippen MR) is 79.6 cm³/mol. The van der Waals surface area contributed by atoms with E-state index in [0.29, 0.717) is 11.4 Å². The van der Waals surface area contributed by atoms with Gasteiger partial charge < -0.3 is 10.5 Å². The fraction of sp³-hybridized carbons (Fsp3) is 0.600. The zero-order valence-corrected chi connectivity index (χ0v) is 12.8. The Kier molecular flexibility index (Phi) is 5.02. The number of hydrogen-bond acceptors (Lipinski definition) is 3. The topological polar surface area (TPSA) is 38.5 Å². The van der Waals surface area contributed by atoms with E-state index in [4.69, 9.17) is 22.1 Å². The van der Waals surface area contributed by atoms with Crippen LogP contribution >= 0.6 is 11.6 Å². The first-order chi connectivity index (χ1) is 9.41. The van der Waals surface area contributed by atoms with E-state index in [1.165, 1.54) is 12.1 Å². The van der Waals surface area contributed by atoms with E-state index in [1.807, 2.05) is 0 Å². The van der Waals surface area contributed by atoms with Crippen LogP contribution in [-0.4, -0.2) is 42.8 Å². The smallest absolute Gasteiger partial charge is 0.124 e. The number of hydrogen-bond donors (Lipinski definition) is 1. The van der Waals surface area contributed by atoms with Gasteiger partial charge in [0.1, 0.15) is 5.82 Å². The van der Waals surface area contributed by atoms with Crippen LogP contribution in [0.1, 0.15) is 19.4 Å². The maximum Gasteiger partial charge on any atom is 0.124 e. The first-order valence-corrected chi connectivity index (χ1v) is 7.31. The summed E-state index contributed by atoms with van der Waals surface area (Å²) in [6, 6.07) is 4.40. The SMILES string of the molecule is CC(C)(C(N)Cc1ccc(F)cc1Cl)N1CCOCC1. The molecule has 1 aromatic carbocycles. The number of halogens is 2. The molecule has 1 heterocycles. The van der Waals surface area contributed by atoms with Crippen molar-refractivity contribution in [3.63, 3.8) is 0 Å². The monoisotopic (exact) mass is 300 g/mol. The fourth-order valence-corrected chi connectivity index (χ4v) is 2.79. The molecule has 0 bridgehead atoms. The summed E-state index contributed by atoms with van der Waals surface area (Å²) in [4.78, 5) is 2.35. The molecule has 1 atom stereocenters. The maximum atomic E-state index is 13.1. The lowest BCUT2D eigenvalue weighted by Gasteiger charge is -2.44. The number of morpholine rings is 1. The molecule has 0 amide bonds. The molecule has 20 heavy (non-hydrogen) atoms. The van der Waals surface area contributed by atoms with Gasteiger partial charge in [0.2, 0.25) is 0 Å². The summed E-state index contributed by atoms with van der Waals surface area (Å²) in [5, 5.41) is 0.443. The van der Waals surface area contributed by atoms with Crippen molar-refractivity contribution in [1.82, 2.24) is 4.90 Å². The van der Waals surface area contributed by atoms with Gasteiger partial charge in [-0.2, -0.15) is 0 Å². The molecule has 0 radical (unpaired) electrons. The first-order valence-electron chi connectivity index (χ1n) is 6.93. The summed E-state index contributed by atoms with van der Waals surface area (Å²) >= 11 is 6.08. The molecule has 1 aliphatic heterocycles. The summed E-state index contributed by atoms with van der Waals surface area (Å²) in [5.41, 5.74) is 7.13. The van der Waals surface area contributed by atoms with Gasteiger partial charge in [-0.15, -0.1) is 0 Å². The quantitative estimate of drug-likeness (QED) is 0.928. The Morgan fingerprint density at radius 1 is 1.40 bits per heavy atom. The van der Waals surface area contributed by atoms with Crippen molar-refractivity contribution >= 4 is 11.6 Å². The Labute approximate surface area is 124 Å². The van der Waals surface area contributed by atoms with Crippen molar-refractivity contribution in [2.45, 2.75) is 31.8 Å². The third-order valence-corrected chi connectivity index (χ3v) is 4.54. The Balaban J connectivity index is 2.07. The van der Waals surface area contributed by atoms with E-state index in [2.05, 4.69) is 18.7 Å².